The summed E-state index contributed by atoms with van der Waals surface area (Å²) in [5.41, 5.74) is 5.85. The lowest BCUT2D eigenvalue weighted by atomic mass is 10.1. The Morgan fingerprint density at radius 2 is 2.21 bits per heavy atom. The molecule has 2 rings (SSSR count). The third kappa shape index (κ3) is 1.41. The van der Waals surface area contributed by atoms with E-state index in [1.807, 2.05) is 4.57 Å². The van der Waals surface area contributed by atoms with Gasteiger partial charge in [0.05, 0.1) is 5.69 Å². The molecule has 0 saturated heterocycles. The van der Waals surface area contributed by atoms with Crippen LogP contribution in [0.5, 0.6) is 0 Å². The highest BCUT2D eigenvalue weighted by Crippen LogP contribution is 2.26. The lowest BCUT2D eigenvalue weighted by Crippen LogP contribution is -2.15. The van der Waals surface area contributed by atoms with Crippen LogP contribution in [0.25, 0.3) is 0 Å². The van der Waals surface area contributed by atoms with Crippen LogP contribution in [-0.2, 0) is 19.5 Å². The van der Waals surface area contributed by atoms with Crippen molar-refractivity contribution in [3.05, 3.63) is 17.2 Å². The molecule has 78 valence electrons. The van der Waals surface area contributed by atoms with E-state index in [4.69, 9.17) is 5.73 Å². The summed E-state index contributed by atoms with van der Waals surface area (Å²) in [5.74, 6) is 0.770. The summed E-state index contributed by atoms with van der Waals surface area (Å²) in [4.78, 5) is 3.95. The van der Waals surface area contributed by atoms with E-state index in [-0.39, 0.29) is 12.2 Å². The fourth-order valence-electron chi connectivity index (χ4n) is 1.96. The molecule has 5 heteroatoms. The number of imidazole rings is 1. The second-order valence-corrected chi connectivity index (χ2v) is 3.47. The van der Waals surface area contributed by atoms with Crippen molar-refractivity contribution in [2.75, 3.05) is 0 Å². The molecule has 2 N–H and O–H groups in total. The third-order valence-electron chi connectivity index (χ3n) is 2.61. The van der Waals surface area contributed by atoms with E-state index in [9.17, 15) is 8.78 Å². The number of aromatic nitrogens is 2. The molecule has 1 aromatic rings. The zero-order valence-electron chi connectivity index (χ0n) is 7.84. The quantitative estimate of drug-likeness (QED) is 0.790. The molecule has 0 bridgehead atoms. The van der Waals surface area contributed by atoms with Gasteiger partial charge in [-0.05, 0) is 12.8 Å². The van der Waals surface area contributed by atoms with Crippen LogP contribution in [0.3, 0.4) is 0 Å². The summed E-state index contributed by atoms with van der Waals surface area (Å²) < 4.78 is 27.0. The minimum absolute atomic E-state index is 0.121. The van der Waals surface area contributed by atoms with E-state index >= 15 is 0 Å². The molecule has 0 radical (unpaired) electrons. The lowest BCUT2D eigenvalue weighted by Gasteiger charge is -2.15. The predicted octanol–water partition coefficient (Wildman–Crippen LogP) is 1.62. The highest BCUT2D eigenvalue weighted by molar-refractivity contribution is 5.19. The highest BCUT2D eigenvalue weighted by Gasteiger charge is 2.23. The molecule has 0 spiro atoms. The Labute approximate surface area is 80.9 Å². The molecule has 1 aliphatic heterocycles. The minimum atomic E-state index is -2.51. The van der Waals surface area contributed by atoms with Crippen LogP contribution in [0.1, 0.15) is 36.5 Å². The maximum Gasteiger partial charge on any atom is 0.282 e. The topological polar surface area (TPSA) is 43.8 Å². The molecular formula is C9H13F2N3. The molecule has 1 aromatic heterocycles. The van der Waals surface area contributed by atoms with Crippen molar-refractivity contribution in [1.82, 2.24) is 9.55 Å². The molecule has 14 heavy (non-hydrogen) atoms. The number of rotatable bonds is 2. The van der Waals surface area contributed by atoms with Gasteiger partial charge < -0.3 is 10.3 Å². The largest absolute Gasteiger partial charge is 0.330 e. The predicted molar refractivity (Wildman–Crippen MR) is 48.0 cm³/mol. The smallest absolute Gasteiger partial charge is 0.282 e. The Morgan fingerprint density at radius 3 is 2.86 bits per heavy atom. The van der Waals surface area contributed by atoms with Gasteiger partial charge in [0.15, 0.2) is 0 Å². The first-order chi connectivity index (χ1) is 6.74. The summed E-state index contributed by atoms with van der Waals surface area (Å²) in [7, 11) is 0. The molecule has 0 saturated carbocycles. The van der Waals surface area contributed by atoms with Crippen LogP contribution < -0.4 is 5.73 Å². The van der Waals surface area contributed by atoms with Crippen molar-refractivity contribution < 1.29 is 8.78 Å². The number of fused-ring (bicyclic) bond motifs is 1. The van der Waals surface area contributed by atoms with Crippen molar-refractivity contribution in [2.45, 2.75) is 38.8 Å². The Bertz CT molecular complexity index is 333. The first-order valence-corrected chi connectivity index (χ1v) is 4.80. The molecular weight excluding hydrogens is 188 g/mol. The second-order valence-electron chi connectivity index (χ2n) is 3.47. The molecule has 0 aliphatic carbocycles. The van der Waals surface area contributed by atoms with Gasteiger partial charge in [0.2, 0.25) is 0 Å². The summed E-state index contributed by atoms with van der Waals surface area (Å²) in [6.45, 7) is 0.925. The first-order valence-electron chi connectivity index (χ1n) is 4.80. The number of halogens is 2. The maximum atomic E-state index is 12.6. The molecule has 2 heterocycles. The molecule has 0 amide bonds. The van der Waals surface area contributed by atoms with Crippen molar-refractivity contribution in [3.63, 3.8) is 0 Å². The van der Waals surface area contributed by atoms with Crippen LogP contribution >= 0.6 is 0 Å². The fourth-order valence-corrected chi connectivity index (χ4v) is 1.96. The number of hydrogen-bond acceptors (Lipinski definition) is 2. The van der Waals surface area contributed by atoms with Gasteiger partial charge in [-0.2, -0.15) is 0 Å². The zero-order chi connectivity index (χ0) is 10.1. The fraction of sp³-hybridized carbons (Fsp3) is 0.667. The van der Waals surface area contributed by atoms with Crippen LogP contribution in [0.2, 0.25) is 0 Å². The van der Waals surface area contributed by atoms with Gasteiger partial charge in [-0.3, -0.25) is 0 Å². The van der Waals surface area contributed by atoms with Crippen LogP contribution in [0, 0.1) is 0 Å². The number of nitrogens with two attached hydrogens (primary N) is 1. The van der Waals surface area contributed by atoms with Crippen molar-refractivity contribution >= 4 is 0 Å². The molecule has 0 aromatic carbocycles. The van der Waals surface area contributed by atoms with Gasteiger partial charge in [-0.1, -0.05) is 0 Å². The monoisotopic (exact) mass is 201 g/mol. The summed E-state index contributed by atoms with van der Waals surface area (Å²) in [6, 6.07) is 0. The molecule has 0 fully saturated rings. The average molecular weight is 201 g/mol. The number of nitrogens with zero attached hydrogens (tertiary/aromatic N) is 2. The number of hydrogen-bond donors (Lipinski definition) is 1. The standard InChI is InChI=1S/C9H13F2N3/c10-9(11)8-6(5-12)14-4-2-1-3-7(14)13-8/h9H,1-5,12H2. The van der Waals surface area contributed by atoms with Gasteiger partial charge >= 0.3 is 0 Å². The molecule has 3 nitrogen and oxygen atoms in total. The molecule has 0 unspecified atom stereocenters. The molecule has 0 atom stereocenters. The van der Waals surface area contributed by atoms with Gasteiger partial charge in [0.1, 0.15) is 11.5 Å². The minimum Gasteiger partial charge on any atom is -0.330 e. The van der Waals surface area contributed by atoms with E-state index in [0.29, 0.717) is 5.69 Å². The van der Waals surface area contributed by atoms with Crippen LogP contribution in [0.15, 0.2) is 0 Å². The molecule has 1 aliphatic rings. The van der Waals surface area contributed by atoms with E-state index in [1.165, 1.54) is 0 Å². The van der Waals surface area contributed by atoms with Gasteiger partial charge in [-0.25, -0.2) is 13.8 Å². The van der Waals surface area contributed by atoms with E-state index in [0.717, 1.165) is 31.6 Å². The van der Waals surface area contributed by atoms with Crippen molar-refractivity contribution in [3.8, 4) is 0 Å². The van der Waals surface area contributed by atoms with E-state index < -0.39 is 6.43 Å². The summed E-state index contributed by atoms with van der Waals surface area (Å²) >= 11 is 0. The van der Waals surface area contributed by atoms with Gasteiger partial charge in [0, 0.05) is 19.5 Å². The average Bonchev–Trinajstić information content (AvgIpc) is 2.56. The zero-order valence-corrected chi connectivity index (χ0v) is 7.84. The summed E-state index contributed by atoms with van der Waals surface area (Å²) in [6.07, 6.45) is 0.342. The van der Waals surface area contributed by atoms with E-state index in [1.54, 1.807) is 0 Å². The second kappa shape index (κ2) is 3.65. The normalized spacial score (nSPS) is 16.0. The van der Waals surface area contributed by atoms with Gasteiger partial charge in [0.25, 0.3) is 6.43 Å². The first kappa shape index (κ1) is 9.58. The lowest BCUT2D eigenvalue weighted by molar-refractivity contribution is 0.145. The summed E-state index contributed by atoms with van der Waals surface area (Å²) in [5, 5.41) is 0. The van der Waals surface area contributed by atoms with Crippen LogP contribution in [-0.4, -0.2) is 9.55 Å². The SMILES string of the molecule is NCc1c(C(F)F)nc2n1CCCC2. The maximum absolute atomic E-state index is 12.6. The Kier molecular flexibility index (Phi) is 2.50. The Hall–Kier alpha value is -0.970. The third-order valence-corrected chi connectivity index (χ3v) is 2.61. The van der Waals surface area contributed by atoms with Crippen molar-refractivity contribution in [2.24, 2.45) is 5.73 Å². The Balaban J connectivity index is 2.46. The van der Waals surface area contributed by atoms with Crippen molar-refractivity contribution in [1.29, 1.82) is 0 Å². The van der Waals surface area contributed by atoms with E-state index in [2.05, 4.69) is 4.98 Å². The Morgan fingerprint density at radius 1 is 1.43 bits per heavy atom. The number of aryl methyl sites for hydroxylation is 1. The number of alkyl halides is 2. The van der Waals surface area contributed by atoms with Gasteiger partial charge in [-0.15, -0.1) is 0 Å². The highest BCUT2D eigenvalue weighted by atomic mass is 19.3. The van der Waals surface area contributed by atoms with Crippen LogP contribution in [0.4, 0.5) is 8.78 Å².